The molecule has 0 spiro atoms. The summed E-state index contributed by atoms with van der Waals surface area (Å²) in [6, 6.07) is 16.2. The highest BCUT2D eigenvalue weighted by Gasteiger charge is 2.19. The van der Waals surface area contributed by atoms with Gasteiger partial charge in [0.1, 0.15) is 11.6 Å². The summed E-state index contributed by atoms with van der Waals surface area (Å²) in [5.74, 6) is 2.91. The Bertz CT molecular complexity index is 939. The van der Waals surface area contributed by atoms with E-state index in [9.17, 15) is 5.11 Å². The number of fused-ring (bicyclic) bond motifs is 1. The van der Waals surface area contributed by atoms with Gasteiger partial charge in [-0.25, -0.2) is 0 Å². The van der Waals surface area contributed by atoms with Gasteiger partial charge in [0, 0.05) is 39.0 Å². The number of hydrogen-bond donors (Lipinski definition) is 1. The number of nitrogens with zero attached hydrogens (tertiary/aromatic N) is 4. The molecule has 0 saturated heterocycles. The van der Waals surface area contributed by atoms with Crippen molar-refractivity contribution in [3.8, 4) is 11.5 Å². The highest BCUT2D eigenvalue weighted by Crippen LogP contribution is 2.27. The number of rotatable bonds is 7. The number of aromatic hydroxyl groups is 1. The molecule has 6 heteroatoms. The molecule has 0 aliphatic carbocycles. The Kier molecular flexibility index (Phi) is 6.10. The van der Waals surface area contributed by atoms with Crippen molar-refractivity contribution in [2.24, 2.45) is 0 Å². The monoisotopic (exact) mass is 392 g/mol. The first-order valence-corrected chi connectivity index (χ1v) is 10.3. The van der Waals surface area contributed by atoms with E-state index in [-0.39, 0.29) is 5.75 Å². The standard InChI is InChI=1S/C23H28N4O2/c1-2-29-21-16-19(8-10-20(21)28)17-26-13-12-23-25-24-22(27(23)15-14-26)11-9-18-6-4-3-5-7-18/h3-8,10,16,28H,2,9,11-15,17H2,1H3. The van der Waals surface area contributed by atoms with Gasteiger partial charge in [0.05, 0.1) is 6.61 Å². The SMILES string of the molecule is CCOc1cc(CN2CCc3nnc(CCc4ccccc4)n3CC2)ccc1O. The zero-order chi connectivity index (χ0) is 20.1. The molecule has 0 bridgehead atoms. The maximum absolute atomic E-state index is 9.91. The summed E-state index contributed by atoms with van der Waals surface area (Å²) in [6.45, 7) is 6.10. The van der Waals surface area contributed by atoms with E-state index in [2.05, 4.69) is 43.9 Å². The van der Waals surface area contributed by atoms with Crippen LogP contribution in [0.2, 0.25) is 0 Å². The van der Waals surface area contributed by atoms with Crippen LogP contribution in [0.25, 0.3) is 0 Å². The predicted octanol–water partition coefficient (Wildman–Crippen LogP) is 3.23. The lowest BCUT2D eigenvalue weighted by atomic mass is 10.1. The Morgan fingerprint density at radius 2 is 1.83 bits per heavy atom. The van der Waals surface area contributed by atoms with Gasteiger partial charge in [-0.15, -0.1) is 10.2 Å². The first-order chi connectivity index (χ1) is 14.2. The minimum Gasteiger partial charge on any atom is -0.504 e. The van der Waals surface area contributed by atoms with Crippen molar-refractivity contribution in [1.29, 1.82) is 0 Å². The second kappa shape index (κ2) is 9.09. The molecule has 2 heterocycles. The minimum absolute atomic E-state index is 0.195. The lowest BCUT2D eigenvalue weighted by Gasteiger charge is -2.20. The van der Waals surface area contributed by atoms with Crippen LogP contribution in [0, 0.1) is 0 Å². The van der Waals surface area contributed by atoms with Crippen LogP contribution in [0.4, 0.5) is 0 Å². The van der Waals surface area contributed by atoms with Gasteiger partial charge < -0.3 is 14.4 Å². The summed E-state index contributed by atoms with van der Waals surface area (Å²) in [5, 5.41) is 18.8. The summed E-state index contributed by atoms with van der Waals surface area (Å²) in [4.78, 5) is 2.43. The number of phenols is 1. The van der Waals surface area contributed by atoms with Crippen LogP contribution in [-0.4, -0.2) is 44.5 Å². The van der Waals surface area contributed by atoms with E-state index in [1.807, 2.05) is 25.1 Å². The Morgan fingerprint density at radius 3 is 2.66 bits per heavy atom. The van der Waals surface area contributed by atoms with Gasteiger partial charge in [0.2, 0.25) is 0 Å². The predicted molar refractivity (Wildman–Crippen MR) is 112 cm³/mol. The van der Waals surface area contributed by atoms with Gasteiger partial charge in [-0.1, -0.05) is 36.4 Å². The van der Waals surface area contributed by atoms with Gasteiger partial charge in [-0.2, -0.15) is 0 Å². The fourth-order valence-corrected chi connectivity index (χ4v) is 3.86. The smallest absolute Gasteiger partial charge is 0.161 e. The highest BCUT2D eigenvalue weighted by atomic mass is 16.5. The molecule has 1 aromatic heterocycles. The molecule has 1 aliphatic rings. The largest absolute Gasteiger partial charge is 0.504 e. The Labute approximate surface area is 171 Å². The maximum atomic E-state index is 9.91. The maximum Gasteiger partial charge on any atom is 0.161 e. The van der Waals surface area contributed by atoms with Crippen molar-refractivity contribution in [2.75, 3.05) is 19.7 Å². The van der Waals surface area contributed by atoms with E-state index in [0.29, 0.717) is 12.4 Å². The van der Waals surface area contributed by atoms with Crippen LogP contribution in [0.1, 0.15) is 29.7 Å². The van der Waals surface area contributed by atoms with Crippen molar-refractivity contribution < 1.29 is 9.84 Å². The molecule has 152 valence electrons. The van der Waals surface area contributed by atoms with Gasteiger partial charge in [0.25, 0.3) is 0 Å². The zero-order valence-electron chi connectivity index (χ0n) is 16.9. The van der Waals surface area contributed by atoms with Crippen LogP contribution in [-0.2, 0) is 32.4 Å². The fraction of sp³-hybridized carbons (Fsp3) is 0.391. The van der Waals surface area contributed by atoms with Crippen molar-refractivity contribution in [2.45, 2.75) is 39.3 Å². The Morgan fingerprint density at radius 1 is 0.966 bits per heavy atom. The van der Waals surface area contributed by atoms with E-state index < -0.39 is 0 Å². The molecule has 0 atom stereocenters. The van der Waals surface area contributed by atoms with Crippen LogP contribution in [0.15, 0.2) is 48.5 Å². The van der Waals surface area contributed by atoms with Gasteiger partial charge in [0.15, 0.2) is 11.5 Å². The highest BCUT2D eigenvalue weighted by molar-refractivity contribution is 5.41. The van der Waals surface area contributed by atoms with Crippen molar-refractivity contribution in [1.82, 2.24) is 19.7 Å². The van der Waals surface area contributed by atoms with Crippen molar-refractivity contribution in [3.63, 3.8) is 0 Å². The fourth-order valence-electron chi connectivity index (χ4n) is 3.86. The molecule has 0 unspecified atom stereocenters. The first kappa shape index (κ1) is 19.5. The van der Waals surface area contributed by atoms with Crippen LogP contribution >= 0.6 is 0 Å². The third-order valence-electron chi connectivity index (χ3n) is 5.41. The molecule has 3 aromatic rings. The Hall–Kier alpha value is -2.86. The minimum atomic E-state index is 0.195. The second-order valence-electron chi connectivity index (χ2n) is 7.43. The van der Waals surface area contributed by atoms with Crippen molar-refractivity contribution in [3.05, 3.63) is 71.3 Å². The number of phenolic OH excluding ortho intramolecular Hbond substituents is 1. The van der Waals surface area contributed by atoms with E-state index in [4.69, 9.17) is 4.74 Å². The van der Waals surface area contributed by atoms with Crippen LogP contribution in [0.5, 0.6) is 11.5 Å². The number of benzene rings is 2. The summed E-state index contributed by atoms with van der Waals surface area (Å²) in [6.07, 6.45) is 2.79. The summed E-state index contributed by atoms with van der Waals surface area (Å²) in [7, 11) is 0. The van der Waals surface area contributed by atoms with E-state index in [1.54, 1.807) is 6.07 Å². The molecule has 0 saturated carbocycles. The topological polar surface area (TPSA) is 63.4 Å². The van der Waals surface area contributed by atoms with E-state index in [0.717, 1.165) is 62.7 Å². The molecule has 29 heavy (non-hydrogen) atoms. The quantitative estimate of drug-likeness (QED) is 0.669. The van der Waals surface area contributed by atoms with E-state index >= 15 is 0 Å². The summed E-state index contributed by atoms with van der Waals surface area (Å²) < 4.78 is 7.81. The zero-order valence-corrected chi connectivity index (χ0v) is 16.9. The molecular weight excluding hydrogens is 364 g/mol. The number of aromatic nitrogens is 3. The first-order valence-electron chi connectivity index (χ1n) is 10.3. The lowest BCUT2D eigenvalue weighted by Crippen LogP contribution is -2.26. The molecule has 0 amide bonds. The molecule has 1 N–H and O–H groups in total. The third kappa shape index (κ3) is 4.77. The molecule has 0 fully saturated rings. The normalized spacial score (nSPS) is 14.4. The summed E-state index contributed by atoms with van der Waals surface area (Å²) >= 11 is 0. The number of aryl methyl sites for hydroxylation is 2. The number of ether oxygens (including phenoxy) is 1. The molecular formula is C23H28N4O2. The molecule has 1 aliphatic heterocycles. The molecule has 0 radical (unpaired) electrons. The third-order valence-corrected chi connectivity index (χ3v) is 5.41. The number of hydrogen-bond acceptors (Lipinski definition) is 5. The van der Waals surface area contributed by atoms with Gasteiger partial charge in [-0.3, -0.25) is 4.90 Å². The lowest BCUT2D eigenvalue weighted by molar-refractivity contribution is 0.268. The van der Waals surface area contributed by atoms with Crippen molar-refractivity contribution >= 4 is 0 Å². The molecule has 2 aromatic carbocycles. The van der Waals surface area contributed by atoms with Gasteiger partial charge in [-0.05, 0) is 36.6 Å². The second-order valence-corrected chi connectivity index (χ2v) is 7.43. The van der Waals surface area contributed by atoms with Crippen LogP contribution in [0.3, 0.4) is 0 Å². The Balaban J connectivity index is 1.38. The van der Waals surface area contributed by atoms with Crippen LogP contribution < -0.4 is 4.74 Å². The van der Waals surface area contributed by atoms with Gasteiger partial charge >= 0.3 is 0 Å². The average molecular weight is 393 g/mol. The van der Waals surface area contributed by atoms with E-state index in [1.165, 1.54) is 5.56 Å². The average Bonchev–Trinajstić information content (AvgIpc) is 3.02. The molecule has 4 rings (SSSR count). The summed E-state index contributed by atoms with van der Waals surface area (Å²) in [5.41, 5.74) is 2.48. The molecule has 6 nitrogen and oxygen atoms in total.